The summed E-state index contributed by atoms with van der Waals surface area (Å²) in [5.74, 6) is 0.491. The van der Waals surface area contributed by atoms with Crippen LogP contribution in [0.3, 0.4) is 0 Å². The summed E-state index contributed by atoms with van der Waals surface area (Å²) in [5, 5.41) is 0. The first-order chi connectivity index (χ1) is 7.79. The normalized spacial score (nSPS) is 30.2. The Kier molecular flexibility index (Phi) is 4.72. The third kappa shape index (κ3) is 4.07. The lowest BCUT2D eigenvalue weighted by Gasteiger charge is -2.36. The highest BCUT2D eigenvalue weighted by Crippen LogP contribution is 2.35. The van der Waals surface area contributed by atoms with Crippen LogP contribution in [0.4, 0.5) is 0 Å². The maximum absolute atomic E-state index is 12.1. The van der Waals surface area contributed by atoms with Crippen molar-refractivity contribution in [2.24, 2.45) is 5.92 Å². The standard InChI is InChI=1S/C12H22O4S/c1-10-4-7-12(16-2,8-5-10)11(13)6-9-17(3,14)15/h10H,4-9H2,1-3H3. The van der Waals surface area contributed by atoms with Gasteiger partial charge in [-0.3, -0.25) is 4.79 Å². The molecular formula is C12H22O4S. The molecule has 0 aliphatic heterocycles. The summed E-state index contributed by atoms with van der Waals surface area (Å²) in [6.45, 7) is 2.17. The molecule has 1 rings (SSSR count). The van der Waals surface area contributed by atoms with Crippen molar-refractivity contribution in [2.75, 3.05) is 19.1 Å². The monoisotopic (exact) mass is 262 g/mol. The minimum absolute atomic E-state index is 0.0580. The molecule has 0 saturated heterocycles. The SMILES string of the molecule is COC1(C(=O)CCS(C)(=O)=O)CCC(C)CC1. The Bertz CT molecular complexity index is 364. The van der Waals surface area contributed by atoms with Crippen molar-refractivity contribution in [1.82, 2.24) is 0 Å². The van der Waals surface area contributed by atoms with Crippen LogP contribution in [0, 0.1) is 5.92 Å². The van der Waals surface area contributed by atoms with Crippen molar-refractivity contribution < 1.29 is 17.9 Å². The predicted molar refractivity (Wildman–Crippen MR) is 66.7 cm³/mol. The van der Waals surface area contributed by atoms with E-state index in [4.69, 9.17) is 4.74 Å². The van der Waals surface area contributed by atoms with E-state index in [0.717, 1.165) is 19.1 Å². The molecular weight excluding hydrogens is 240 g/mol. The first kappa shape index (κ1) is 14.6. The van der Waals surface area contributed by atoms with Crippen molar-refractivity contribution in [3.63, 3.8) is 0 Å². The molecule has 0 N–H and O–H groups in total. The van der Waals surface area contributed by atoms with Gasteiger partial charge in [0.25, 0.3) is 0 Å². The fourth-order valence-corrected chi connectivity index (χ4v) is 2.89. The minimum atomic E-state index is -3.08. The number of Topliss-reactive ketones (excluding diaryl/α,β-unsaturated/α-hetero) is 1. The van der Waals surface area contributed by atoms with Crippen LogP contribution >= 0.6 is 0 Å². The van der Waals surface area contributed by atoms with Gasteiger partial charge in [0.2, 0.25) is 0 Å². The number of ether oxygens (including phenoxy) is 1. The Morgan fingerprint density at radius 3 is 2.29 bits per heavy atom. The number of sulfone groups is 1. The van der Waals surface area contributed by atoms with Crippen molar-refractivity contribution in [2.45, 2.75) is 44.6 Å². The second-order valence-corrected chi connectivity index (χ2v) is 7.44. The molecule has 0 aromatic rings. The van der Waals surface area contributed by atoms with E-state index < -0.39 is 15.4 Å². The number of ketones is 1. The van der Waals surface area contributed by atoms with Crippen molar-refractivity contribution in [3.8, 4) is 0 Å². The van der Waals surface area contributed by atoms with Gasteiger partial charge in [-0.15, -0.1) is 0 Å². The summed E-state index contributed by atoms with van der Waals surface area (Å²) in [7, 11) is -1.53. The fraction of sp³-hybridized carbons (Fsp3) is 0.917. The second-order valence-electron chi connectivity index (χ2n) is 5.18. The van der Waals surface area contributed by atoms with E-state index in [1.165, 1.54) is 0 Å². The molecule has 1 aliphatic carbocycles. The molecule has 1 aliphatic rings. The highest BCUT2D eigenvalue weighted by molar-refractivity contribution is 7.90. The van der Waals surface area contributed by atoms with Gasteiger partial charge < -0.3 is 4.74 Å². The number of carbonyl (C=O) groups is 1. The molecule has 17 heavy (non-hydrogen) atoms. The Morgan fingerprint density at radius 2 is 1.88 bits per heavy atom. The molecule has 0 atom stereocenters. The summed E-state index contributed by atoms with van der Waals surface area (Å²) < 4.78 is 27.6. The average molecular weight is 262 g/mol. The highest BCUT2D eigenvalue weighted by Gasteiger charge is 2.40. The quantitative estimate of drug-likeness (QED) is 0.755. The molecule has 0 spiro atoms. The average Bonchev–Trinajstić information content (AvgIpc) is 2.26. The number of hydrogen-bond acceptors (Lipinski definition) is 4. The summed E-state index contributed by atoms with van der Waals surface area (Å²) >= 11 is 0. The lowest BCUT2D eigenvalue weighted by molar-refractivity contribution is -0.145. The van der Waals surface area contributed by atoms with E-state index in [-0.39, 0.29) is 18.0 Å². The van der Waals surface area contributed by atoms with E-state index in [0.29, 0.717) is 18.8 Å². The fourth-order valence-electron chi connectivity index (χ4n) is 2.33. The van der Waals surface area contributed by atoms with E-state index in [1.54, 1.807) is 7.11 Å². The Hall–Kier alpha value is -0.420. The molecule has 1 fully saturated rings. The van der Waals surface area contributed by atoms with E-state index in [1.807, 2.05) is 0 Å². The van der Waals surface area contributed by atoms with Gasteiger partial charge in [-0.25, -0.2) is 8.42 Å². The number of hydrogen-bond donors (Lipinski definition) is 0. The number of rotatable bonds is 5. The Morgan fingerprint density at radius 1 is 1.35 bits per heavy atom. The van der Waals surface area contributed by atoms with Gasteiger partial charge in [0.1, 0.15) is 15.4 Å². The summed E-state index contributed by atoms with van der Waals surface area (Å²) in [6.07, 6.45) is 4.60. The van der Waals surface area contributed by atoms with Gasteiger partial charge in [-0.2, -0.15) is 0 Å². The maximum atomic E-state index is 12.1. The summed E-state index contributed by atoms with van der Waals surface area (Å²) in [6, 6.07) is 0. The van der Waals surface area contributed by atoms with Crippen molar-refractivity contribution >= 4 is 15.6 Å². The molecule has 0 amide bonds. The molecule has 0 unspecified atom stereocenters. The largest absolute Gasteiger partial charge is 0.370 e. The van der Waals surface area contributed by atoms with Crippen LogP contribution in [-0.2, 0) is 19.4 Å². The number of carbonyl (C=O) groups excluding carboxylic acids is 1. The van der Waals surface area contributed by atoms with Crippen molar-refractivity contribution in [1.29, 1.82) is 0 Å². The lowest BCUT2D eigenvalue weighted by Crippen LogP contribution is -2.44. The molecule has 0 heterocycles. The van der Waals surface area contributed by atoms with Gasteiger partial charge in [0.05, 0.1) is 5.75 Å². The zero-order valence-corrected chi connectivity index (χ0v) is 11.7. The second kappa shape index (κ2) is 5.48. The summed E-state index contributed by atoms with van der Waals surface area (Å²) in [5.41, 5.74) is -0.725. The molecule has 100 valence electrons. The molecule has 0 bridgehead atoms. The van der Waals surface area contributed by atoms with Crippen LogP contribution in [0.25, 0.3) is 0 Å². The zero-order chi connectivity index (χ0) is 13.1. The zero-order valence-electron chi connectivity index (χ0n) is 10.9. The van der Waals surface area contributed by atoms with Gasteiger partial charge in [0.15, 0.2) is 5.78 Å². The Labute approximate surface area is 104 Å². The molecule has 0 aromatic heterocycles. The third-order valence-electron chi connectivity index (χ3n) is 3.68. The van der Waals surface area contributed by atoms with Crippen LogP contribution in [0.5, 0.6) is 0 Å². The maximum Gasteiger partial charge on any atom is 0.165 e. The predicted octanol–water partition coefficient (Wildman–Crippen LogP) is 1.59. The van der Waals surface area contributed by atoms with Crippen molar-refractivity contribution in [3.05, 3.63) is 0 Å². The van der Waals surface area contributed by atoms with Gasteiger partial charge in [0, 0.05) is 19.8 Å². The van der Waals surface area contributed by atoms with Crippen LogP contribution < -0.4 is 0 Å². The molecule has 0 radical (unpaired) electrons. The highest BCUT2D eigenvalue weighted by atomic mass is 32.2. The van der Waals surface area contributed by atoms with E-state index in [9.17, 15) is 13.2 Å². The third-order valence-corrected chi connectivity index (χ3v) is 4.63. The van der Waals surface area contributed by atoms with E-state index >= 15 is 0 Å². The molecule has 5 heteroatoms. The molecule has 0 aromatic carbocycles. The molecule has 1 saturated carbocycles. The van der Waals surface area contributed by atoms with Crippen LogP contribution in [-0.4, -0.2) is 38.9 Å². The van der Waals surface area contributed by atoms with Crippen LogP contribution in [0.2, 0.25) is 0 Å². The minimum Gasteiger partial charge on any atom is -0.370 e. The van der Waals surface area contributed by atoms with Crippen LogP contribution in [0.15, 0.2) is 0 Å². The van der Waals surface area contributed by atoms with Gasteiger partial charge in [-0.1, -0.05) is 6.92 Å². The topological polar surface area (TPSA) is 60.4 Å². The lowest BCUT2D eigenvalue weighted by atomic mass is 9.76. The smallest absolute Gasteiger partial charge is 0.165 e. The molecule has 4 nitrogen and oxygen atoms in total. The van der Waals surface area contributed by atoms with Crippen LogP contribution in [0.1, 0.15) is 39.0 Å². The van der Waals surface area contributed by atoms with E-state index in [2.05, 4.69) is 6.92 Å². The first-order valence-corrected chi connectivity index (χ1v) is 8.11. The number of methoxy groups -OCH3 is 1. The Balaban J connectivity index is 2.64. The van der Waals surface area contributed by atoms with Gasteiger partial charge in [-0.05, 0) is 31.6 Å². The summed E-state index contributed by atoms with van der Waals surface area (Å²) in [4.78, 5) is 12.1. The van der Waals surface area contributed by atoms with Gasteiger partial charge >= 0.3 is 0 Å². The first-order valence-electron chi connectivity index (χ1n) is 6.05.